The number of benzene rings is 4. The maximum atomic E-state index is 2.55. The summed E-state index contributed by atoms with van der Waals surface area (Å²) in [5.74, 6) is 1.45. The summed E-state index contributed by atoms with van der Waals surface area (Å²) in [6.07, 6.45) is 2.45. The standard InChI is InChI=1S/C36H39Si.3ClH.Ti/c1-25(2)29-13-9-16-32(22-29)37(33-17-10-14-30(23-33)26(3)4,34-18-11-15-31(24-34)27(5)6)36-21-20-28-12-7-8-19-35(28)36;;;;/h7-20,22-27,36H,1-6H3;3*1H;/q;;;;+3/p-3. The Balaban J connectivity index is 0.00000196. The summed E-state index contributed by atoms with van der Waals surface area (Å²) in [6.45, 7) is 13.9. The predicted octanol–water partition coefficient (Wildman–Crippen LogP) is -1.24. The molecule has 0 fully saturated rings. The first-order valence-corrected chi connectivity index (χ1v) is 16.9. The van der Waals surface area contributed by atoms with Crippen molar-refractivity contribution in [1.29, 1.82) is 0 Å². The van der Waals surface area contributed by atoms with Crippen LogP contribution in [-0.4, -0.2) is 8.07 Å². The van der Waals surface area contributed by atoms with Gasteiger partial charge in [-0.2, -0.15) is 0 Å². The second-order valence-corrected chi connectivity index (χ2v) is 16.6. The number of hydrogen-bond acceptors (Lipinski definition) is 0. The zero-order valence-electron chi connectivity index (χ0n) is 24.8. The molecule has 0 saturated heterocycles. The van der Waals surface area contributed by atoms with E-state index in [-0.39, 0.29) is 37.2 Å². The molecular weight excluding hydrogens is 615 g/mol. The SMILES string of the molecule is CC(C)c1cccc([Si](c2cccc(C(C)C)c2)(c2cccc(C(C)C)c2)C2[C]([Ti+3])=Cc3ccccc32)c1.[Cl-].[Cl-].[Cl-]. The number of halogens is 3. The van der Waals surface area contributed by atoms with Gasteiger partial charge in [-0.3, -0.25) is 0 Å². The minimum Gasteiger partial charge on any atom is -1.00 e. The van der Waals surface area contributed by atoms with Crippen LogP contribution in [0.15, 0.2) is 101 Å². The molecule has 41 heavy (non-hydrogen) atoms. The molecule has 1 aliphatic carbocycles. The molecular formula is C36H39Cl3SiTi. The molecule has 5 rings (SSSR count). The van der Waals surface area contributed by atoms with Crippen LogP contribution >= 0.6 is 0 Å². The van der Waals surface area contributed by atoms with Gasteiger partial charge in [0.05, 0.1) is 0 Å². The van der Waals surface area contributed by atoms with E-state index in [0.29, 0.717) is 23.3 Å². The molecule has 0 heterocycles. The van der Waals surface area contributed by atoms with Crippen LogP contribution in [0.1, 0.15) is 92.7 Å². The third-order valence-corrected chi connectivity index (χ3v) is 14.7. The smallest absolute Gasteiger partial charge is 1.00 e. The van der Waals surface area contributed by atoms with E-state index < -0.39 is 8.07 Å². The zero-order valence-corrected chi connectivity index (χ0v) is 29.6. The molecule has 5 heteroatoms. The second kappa shape index (κ2) is 14.7. The Morgan fingerprint density at radius 1 is 0.537 bits per heavy atom. The molecule has 0 spiro atoms. The first-order valence-electron chi connectivity index (χ1n) is 14.1. The average molecular weight is 654 g/mol. The fraction of sp³-hybridized carbons (Fsp3) is 0.278. The summed E-state index contributed by atoms with van der Waals surface area (Å²) in [7, 11) is -2.61. The third-order valence-electron chi connectivity index (χ3n) is 8.39. The molecule has 1 unspecified atom stereocenters. The first-order chi connectivity index (χ1) is 18.2. The van der Waals surface area contributed by atoms with E-state index in [0.717, 1.165) is 0 Å². The summed E-state index contributed by atoms with van der Waals surface area (Å²) < 4.78 is 1.48. The second-order valence-electron chi connectivity index (χ2n) is 11.8. The molecule has 0 radical (unpaired) electrons. The summed E-state index contributed by atoms with van der Waals surface area (Å²) in [5, 5.41) is 4.54. The molecule has 0 aromatic heterocycles. The van der Waals surface area contributed by atoms with Gasteiger partial charge in [0.1, 0.15) is 0 Å². The molecule has 0 amide bonds. The van der Waals surface area contributed by atoms with Crippen molar-refractivity contribution in [3.63, 3.8) is 0 Å². The Hall–Kier alpha value is -1.58. The van der Waals surface area contributed by atoms with Crippen molar-refractivity contribution in [3.8, 4) is 0 Å². The summed E-state index contributed by atoms with van der Waals surface area (Å²) in [4.78, 5) is 0. The van der Waals surface area contributed by atoms with E-state index in [4.69, 9.17) is 0 Å². The quantitative estimate of drug-likeness (QED) is 0.173. The van der Waals surface area contributed by atoms with E-state index in [1.807, 2.05) is 0 Å². The van der Waals surface area contributed by atoms with Gasteiger partial charge >= 0.3 is 244 Å². The normalized spacial score (nSPS) is 14.2. The predicted molar refractivity (Wildman–Crippen MR) is 163 cm³/mol. The molecule has 4 aromatic rings. The van der Waals surface area contributed by atoms with Gasteiger partial charge in [0, 0.05) is 0 Å². The van der Waals surface area contributed by atoms with Gasteiger partial charge in [-0.15, -0.1) is 0 Å². The van der Waals surface area contributed by atoms with E-state index in [1.54, 1.807) is 0 Å². The Morgan fingerprint density at radius 2 is 0.927 bits per heavy atom. The van der Waals surface area contributed by atoms with Crippen molar-refractivity contribution < 1.29 is 57.7 Å². The van der Waals surface area contributed by atoms with Crippen LogP contribution in [-0.2, 0) is 20.4 Å². The Kier molecular flexibility index (Phi) is 12.8. The Bertz CT molecular complexity index is 1370. The van der Waals surface area contributed by atoms with Crippen LogP contribution in [0.25, 0.3) is 6.08 Å². The van der Waals surface area contributed by atoms with E-state index in [2.05, 4.69) is 165 Å². The molecule has 4 aromatic carbocycles. The van der Waals surface area contributed by atoms with Crippen LogP contribution in [0, 0.1) is 0 Å². The Labute approximate surface area is 279 Å². The van der Waals surface area contributed by atoms with Crippen molar-refractivity contribution in [2.24, 2.45) is 0 Å². The van der Waals surface area contributed by atoms with Gasteiger partial charge < -0.3 is 37.2 Å². The van der Waals surface area contributed by atoms with Gasteiger partial charge in [0.2, 0.25) is 0 Å². The summed E-state index contributed by atoms with van der Waals surface area (Å²) >= 11 is 2.37. The van der Waals surface area contributed by atoms with Crippen LogP contribution in [0.4, 0.5) is 0 Å². The summed E-state index contributed by atoms with van der Waals surface area (Å²) in [6, 6.07) is 38.0. The van der Waals surface area contributed by atoms with Gasteiger partial charge in [-0.25, -0.2) is 0 Å². The first kappa shape index (κ1) is 35.6. The molecule has 0 nitrogen and oxygen atoms in total. The largest absolute Gasteiger partial charge is 1.00 e. The molecule has 0 N–H and O–H groups in total. The number of hydrogen-bond donors (Lipinski definition) is 0. The monoisotopic (exact) mass is 652 g/mol. The molecule has 0 bridgehead atoms. The van der Waals surface area contributed by atoms with Crippen LogP contribution in [0.3, 0.4) is 0 Å². The third kappa shape index (κ3) is 6.67. The number of allylic oxidation sites excluding steroid dienone is 1. The zero-order chi connectivity index (χ0) is 27.0. The van der Waals surface area contributed by atoms with Crippen molar-refractivity contribution in [2.75, 3.05) is 0 Å². The van der Waals surface area contributed by atoms with Crippen molar-refractivity contribution in [3.05, 3.63) is 129 Å². The average Bonchev–Trinajstić information content (AvgIpc) is 3.26. The van der Waals surface area contributed by atoms with E-state index in [1.165, 1.54) is 47.3 Å². The minimum atomic E-state index is -2.61. The van der Waals surface area contributed by atoms with E-state index >= 15 is 0 Å². The van der Waals surface area contributed by atoms with Gasteiger partial charge in [0.25, 0.3) is 0 Å². The van der Waals surface area contributed by atoms with Crippen LogP contribution in [0.2, 0.25) is 0 Å². The topological polar surface area (TPSA) is 0 Å². The van der Waals surface area contributed by atoms with Crippen molar-refractivity contribution in [1.82, 2.24) is 0 Å². The van der Waals surface area contributed by atoms with Crippen molar-refractivity contribution in [2.45, 2.75) is 64.8 Å². The fourth-order valence-electron chi connectivity index (χ4n) is 6.22. The minimum absolute atomic E-state index is 0. The van der Waals surface area contributed by atoms with Crippen molar-refractivity contribution >= 4 is 29.7 Å². The molecule has 0 saturated carbocycles. The van der Waals surface area contributed by atoms with Gasteiger partial charge in [0.15, 0.2) is 0 Å². The van der Waals surface area contributed by atoms with E-state index in [9.17, 15) is 0 Å². The molecule has 1 atom stereocenters. The fourth-order valence-corrected chi connectivity index (χ4v) is 13.3. The number of rotatable bonds is 7. The van der Waals surface area contributed by atoms with Crippen LogP contribution in [0.5, 0.6) is 0 Å². The molecule has 1 aliphatic rings. The van der Waals surface area contributed by atoms with Gasteiger partial charge in [-0.05, 0) is 0 Å². The molecule has 212 valence electrons. The summed E-state index contributed by atoms with van der Waals surface area (Å²) in [5.41, 5.74) is 7.47. The Morgan fingerprint density at radius 3 is 1.32 bits per heavy atom. The van der Waals surface area contributed by atoms with Gasteiger partial charge in [-0.1, -0.05) is 0 Å². The molecule has 0 aliphatic heterocycles. The maximum Gasteiger partial charge on any atom is -1.00 e. The number of fused-ring (bicyclic) bond motifs is 1. The van der Waals surface area contributed by atoms with Crippen LogP contribution < -0.4 is 52.8 Å². The maximum absolute atomic E-state index is 2.61.